The Labute approximate surface area is 60.2 Å². The average molecular weight is 127 g/mol. The van der Waals surface area contributed by atoms with Gasteiger partial charge in [0.2, 0.25) is 0 Å². The molecule has 0 unspecified atom stereocenters. The minimum atomic E-state index is 1.15. The molecule has 1 radical (unpaired) electrons. The van der Waals surface area contributed by atoms with Gasteiger partial charge < -0.3 is 0 Å². The molecule has 0 aromatic rings. The van der Waals surface area contributed by atoms with Gasteiger partial charge in [-0.05, 0) is 47.3 Å². The number of hydrogen-bond donors (Lipinski definition) is 0. The van der Waals surface area contributed by atoms with Crippen LogP contribution in [0.3, 0.4) is 0 Å². The second kappa shape index (κ2) is 1.34. The second-order valence-corrected chi connectivity index (χ2v) is 2.97. The van der Waals surface area contributed by atoms with Crippen LogP contribution in [-0.4, -0.2) is 0 Å². The summed E-state index contributed by atoms with van der Waals surface area (Å²) in [5, 5.41) is 0. The van der Waals surface area contributed by atoms with Gasteiger partial charge in [-0.2, -0.15) is 0 Å². The van der Waals surface area contributed by atoms with Gasteiger partial charge in [-0.25, -0.2) is 0 Å². The Morgan fingerprint density at radius 1 is 1.40 bits per heavy atom. The molecule has 0 saturated heterocycles. The van der Waals surface area contributed by atoms with E-state index in [0.29, 0.717) is 0 Å². The van der Waals surface area contributed by atoms with Gasteiger partial charge in [0.05, 0.1) is 0 Å². The van der Waals surface area contributed by atoms with Crippen molar-refractivity contribution in [3.8, 4) is 0 Å². The maximum Gasteiger partial charge on any atom is -0.00103 e. The van der Waals surface area contributed by atoms with Crippen LogP contribution in [0.4, 0.5) is 0 Å². The molecule has 10 heavy (non-hydrogen) atoms. The third kappa shape index (κ3) is 0.367. The van der Waals surface area contributed by atoms with Crippen LogP contribution in [0.2, 0.25) is 0 Å². The van der Waals surface area contributed by atoms with E-state index in [0.717, 1.165) is 12.8 Å². The topological polar surface area (TPSA) is 0 Å². The van der Waals surface area contributed by atoms with Gasteiger partial charge in [0, 0.05) is 0 Å². The van der Waals surface area contributed by atoms with Gasteiger partial charge >= 0.3 is 0 Å². The van der Waals surface area contributed by atoms with Crippen LogP contribution in [0.5, 0.6) is 0 Å². The fourth-order valence-electron chi connectivity index (χ4n) is 1.93. The minimum Gasteiger partial charge on any atom is -0.0795 e. The average Bonchev–Trinajstić information content (AvgIpc) is 2.60. The predicted molar refractivity (Wildman–Crippen MR) is 40.2 cm³/mol. The van der Waals surface area contributed by atoms with Crippen molar-refractivity contribution in [2.24, 2.45) is 0 Å². The second-order valence-electron chi connectivity index (χ2n) is 2.97. The van der Waals surface area contributed by atoms with Crippen molar-refractivity contribution in [3.05, 3.63) is 46.6 Å². The molecule has 0 aliphatic heterocycles. The summed E-state index contributed by atoms with van der Waals surface area (Å²) in [6.45, 7) is 0. The zero-order valence-electron chi connectivity index (χ0n) is 5.65. The molecule has 3 rings (SSSR count). The molecule has 0 amide bonds. The SMILES string of the molecule is [C]1=C2CC(=C1)C1=C2CC=C1. The first-order valence-corrected chi connectivity index (χ1v) is 3.67. The molecule has 2 bridgehead atoms. The molecule has 0 N–H and O–H groups in total. The summed E-state index contributed by atoms with van der Waals surface area (Å²) in [6.07, 6.45) is 12.2. The summed E-state index contributed by atoms with van der Waals surface area (Å²) >= 11 is 0. The Bertz CT molecular complexity index is 322. The summed E-state index contributed by atoms with van der Waals surface area (Å²) in [7, 11) is 0. The first-order chi connectivity index (χ1) is 4.95. The van der Waals surface area contributed by atoms with Gasteiger partial charge in [0.25, 0.3) is 0 Å². The molecule has 47 valence electrons. The van der Waals surface area contributed by atoms with Crippen molar-refractivity contribution >= 4 is 0 Å². The van der Waals surface area contributed by atoms with Gasteiger partial charge in [-0.1, -0.05) is 12.2 Å². The molecule has 0 aromatic carbocycles. The Kier molecular flexibility index (Phi) is 0.634. The highest BCUT2D eigenvalue weighted by Gasteiger charge is 2.27. The lowest BCUT2D eigenvalue weighted by Crippen LogP contribution is -1.80. The lowest BCUT2D eigenvalue weighted by Gasteiger charge is -1.97. The van der Waals surface area contributed by atoms with E-state index in [2.05, 4.69) is 24.3 Å². The van der Waals surface area contributed by atoms with Crippen molar-refractivity contribution in [1.82, 2.24) is 0 Å². The fourth-order valence-corrected chi connectivity index (χ4v) is 1.93. The van der Waals surface area contributed by atoms with Crippen LogP contribution in [0.1, 0.15) is 12.8 Å². The van der Waals surface area contributed by atoms with Crippen LogP contribution >= 0.6 is 0 Å². The standard InChI is InChI=1S/C10H7/c1-2-9-7-4-5-8(6-7)10(9)3-1/h1-2,4H,3,6H2. The maximum absolute atomic E-state index is 3.28. The van der Waals surface area contributed by atoms with E-state index in [4.69, 9.17) is 0 Å². The highest BCUT2D eigenvalue weighted by Crippen LogP contribution is 2.44. The van der Waals surface area contributed by atoms with Crippen molar-refractivity contribution < 1.29 is 0 Å². The maximum atomic E-state index is 3.28. The fraction of sp³-hybridized carbons (Fsp3) is 0.200. The smallest absolute Gasteiger partial charge is 0.00103 e. The molecule has 0 nitrogen and oxygen atoms in total. The Morgan fingerprint density at radius 3 is 3.30 bits per heavy atom. The van der Waals surface area contributed by atoms with Crippen LogP contribution in [0.25, 0.3) is 0 Å². The van der Waals surface area contributed by atoms with E-state index in [-0.39, 0.29) is 0 Å². The lowest BCUT2D eigenvalue weighted by molar-refractivity contribution is 1.20. The van der Waals surface area contributed by atoms with Crippen LogP contribution < -0.4 is 0 Å². The van der Waals surface area contributed by atoms with Crippen molar-refractivity contribution in [2.45, 2.75) is 12.8 Å². The van der Waals surface area contributed by atoms with Gasteiger partial charge in [-0.3, -0.25) is 0 Å². The molecule has 0 heteroatoms. The first-order valence-electron chi connectivity index (χ1n) is 3.67. The lowest BCUT2D eigenvalue weighted by atomic mass is 10.1. The molecule has 0 saturated carbocycles. The summed E-state index contributed by atoms with van der Waals surface area (Å²) in [4.78, 5) is 0. The van der Waals surface area contributed by atoms with E-state index >= 15 is 0 Å². The quantitative estimate of drug-likeness (QED) is 0.468. The van der Waals surface area contributed by atoms with Crippen LogP contribution in [0.15, 0.2) is 40.5 Å². The number of fused-ring (bicyclic) bond motifs is 4. The summed E-state index contributed by atoms with van der Waals surface area (Å²) in [5.74, 6) is 0. The normalized spacial score (nSPS) is 25.6. The predicted octanol–water partition coefficient (Wildman–Crippen LogP) is 2.32. The van der Waals surface area contributed by atoms with Crippen molar-refractivity contribution in [1.29, 1.82) is 0 Å². The molecule has 0 fully saturated rings. The van der Waals surface area contributed by atoms with E-state index in [9.17, 15) is 0 Å². The van der Waals surface area contributed by atoms with Crippen LogP contribution in [0, 0.1) is 6.08 Å². The zero-order valence-corrected chi connectivity index (χ0v) is 5.65. The first kappa shape index (κ1) is 4.73. The molecule has 3 aliphatic rings. The molecule has 0 atom stereocenters. The summed E-state index contributed by atoms with van der Waals surface area (Å²) in [5.41, 5.74) is 5.96. The molecular weight excluding hydrogens is 120 g/mol. The number of rotatable bonds is 0. The summed E-state index contributed by atoms with van der Waals surface area (Å²) < 4.78 is 0. The van der Waals surface area contributed by atoms with Gasteiger partial charge in [0.1, 0.15) is 0 Å². The third-order valence-electron chi connectivity index (χ3n) is 2.43. The molecule has 0 heterocycles. The molecule has 3 aliphatic carbocycles. The Morgan fingerprint density at radius 2 is 2.40 bits per heavy atom. The largest absolute Gasteiger partial charge is 0.0795 e. The zero-order chi connectivity index (χ0) is 6.55. The van der Waals surface area contributed by atoms with E-state index in [1.54, 1.807) is 0 Å². The molecule has 0 spiro atoms. The van der Waals surface area contributed by atoms with Crippen molar-refractivity contribution in [2.75, 3.05) is 0 Å². The third-order valence-corrected chi connectivity index (χ3v) is 2.43. The minimum absolute atomic E-state index is 1.15. The number of allylic oxidation sites excluding steroid dienone is 8. The molecular formula is C10H7. The van der Waals surface area contributed by atoms with Crippen LogP contribution in [-0.2, 0) is 0 Å². The Balaban J connectivity index is 2.31. The highest BCUT2D eigenvalue weighted by atomic mass is 14.3. The Hall–Kier alpha value is -1.04. The highest BCUT2D eigenvalue weighted by molar-refractivity contribution is 5.66. The van der Waals surface area contributed by atoms with Crippen molar-refractivity contribution in [3.63, 3.8) is 0 Å². The number of hydrogen-bond acceptors (Lipinski definition) is 0. The van der Waals surface area contributed by atoms with Gasteiger partial charge in [-0.15, -0.1) is 0 Å². The van der Waals surface area contributed by atoms with Gasteiger partial charge in [0.15, 0.2) is 0 Å². The molecule has 0 aromatic heterocycles. The monoisotopic (exact) mass is 127 g/mol. The van der Waals surface area contributed by atoms with E-state index < -0.39 is 0 Å². The van der Waals surface area contributed by atoms with E-state index in [1.807, 2.05) is 0 Å². The summed E-state index contributed by atoms with van der Waals surface area (Å²) in [6, 6.07) is 0. The van der Waals surface area contributed by atoms with E-state index in [1.165, 1.54) is 22.3 Å².